The van der Waals surface area contributed by atoms with Crippen molar-refractivity contribution in [3.05, 3.63) is 63.4 Å². The number of rotatable bonds is 5. The van der Waals surface area contributed by atoms with E-state index in [1.807, 2.05) is 25.3 Å². The van der Waals surface area contributed by atoms with Gasteiger partial charge in [-0.25, -0.2) is 0 Å². The van der Waals surface area contributed by atoms with Crippen LogP contribution < -0.4 is 10.6 Å². The summed E-state index contributed by atoms with van der Waals surface area (Å²) in [7, 11) is 1.67. The fourth-order valence-electron chi connectivity index (χ4n) is 2.09. The summed E-state index contributed by atoms with van der Waals surface area (Å²) in [6.45, 7) is 2.82. The molecule has 1 heterocycles. The van der Waals surface area contributed by atoms with Gasteiger partial charge in [-0.15, -0.1) is 0 Å². The van der Waals surface area contributed by atoms with E-state index in [1.54, 1.807) is 25.2 Å². The van der Waals surface area contributed by atoms with Crippen molar-refractivity contribution in [1.29, 1.82) is 0 Å². The minimum atomic E-state index is -0.749. The lowest BCUT2D eigenvalue weighted by Crippen LogP contribution is -2.39. The first kappa shape index (κ1) is 18.5. The molecule has 0 amide bonds. The monoisotopic (exact) mass is 366 g/mol. The number of guanidine groups is 1. The molecule has 0 saturated carbocycles. The summed E-state index contributed by atoms with van der Waals surface area (Å²) in [5.41, 5.74) is 2.67. The van der Waals surface area contributed by atoms with Gasteiger partial charge in [-0.1, -0.05) is 29.3 Å². The zero-order chi connectivity index (χ0) is 17.5. The summed E-state index contributed by atoms with van der Waals surface area (Å²) < 4.78 is 0. The van der Waals surface area contributed by atoms with Crippen LogP contribution >= 0.6 is 23.2 Å². The smallest absolute Gasteiger partial charge is 0.191 e. The van der Waals surface area contributed by atoms with Crippen molar-refractivity contribution >= 4 is 29.2 Å². The zero-order valence-corrected chi connectivity index (χ0v) is 15.1. The standard InChI is InChI=1S/C17H20Cl2N4O/c1-11-3-4-12(8-21-11)9-22-17(20-2)23-10-16(24)13-5-14(18)7-15(19)6-13/h3-8,16,24H,9-10H2,1-2H3,(H2,20,22,23). The Balaban J connectivity index is 1.87. The van der Waals surface area contributed by atoms with E-state index < -0.39 is 6.10 Å². The lowest BCUT2D eigenvalue weighted by molar-refractivity contribution is 0.181. The Kier molecular flexibility index (Phi) is 6.85. The average molecular weight is 367 g/mol. The Hall–Kier alpha value is -1.82. The van der Waals surface area contributed by atoms with Crippen LogP contribution in [0, 0.1) is 6.92 Å². The minimum absolute atomic E-state index is 0.280. The highest BCUT2D eigenvalue weighted by Gasteiger charge is 2.10. The SMILES string of the molecule is CN=C(NCc1ccc(C)nc1)NCC(O)c1cc(Cl)cc(Cl)c1. The van der Waals surface area contributed by atoms with E-state index in [0.29, 0.717) is 28.1 Å². The van der Waals surface area contributed by atoms with Crippen LogP contribution in [0.2, 0.25) is 10.0 Å². The molecule has 0 aliphatic carbocycles. The molecule has 0 spiro atoms. The average Bonchev–Trinajstić information content (AvgIpc) is 2.55. The molecular weight excluding hydrogens is 347 g/mol. The van der Waals surface area contributed by atoms with E-state index >= 15 is 0 Å². The molecule has 0 saturated heterocycles. The van der Waals surface area contributed by atoms with Gasteiger partial charge in [0.15, 0.2) is 5.96 Å². The third-order valence-corrected chi connectivity index (χ3v) is 3.83. The molecule has 7 heteroatoms. The van der Waals surface area contributed by atoms with Gasteiger partial charge in [0.05, 0.1) is 6.10 Å². The quantitative estimate of drug-likeness (QED) is 0.561. The maximum atomic E-state index is 10.3. The van der Waals surface area contributed by atoms with Crippen LogP contribution in [0.3, 0.4) is 0 Å². The first-order valence-corrected chi connectivity index (χ1v) is 8.23. The molecule has 5 nitrogen and oxygen atoms in total. The van der Waals surface area contributed by atoms with E-state index in [0.717, 1.165) is 11.3 Å². The van der Waals surface area contributed by atoms with Gasteiger partial charge < -0.3 is 15.7 Å². The highest BCUT2D eigenvalue weighted by molar-refractivity contribution is 6.34. The van der Waals surface area contributed by atoms with Crippen molar-refractivity contribution in [3.8, 4) is 0 Å². The molecule has 0 fully saturated rings. The van der Waals surface area contributed by atoms with Crippen LogP contribution in [0.25, 0.3) is 0 Å². The predicted octanol–water partition coefficient (Wildman–Crippen LogP) is 3.10. The number of aromatic nitrogens is 1. The summed E-state index contributed by atoms with van der Waals surface area (Å²) in [5, 5.41) is 17.5. The number of halogens is 2. The number of aliphatic imine (C=N–C) groups is 1. The van der Waals surface area contributed by atoms with Crippen LogP contribution in [-0.4, -0.2) is 29.6 Å². The highest BCUT2D eigenvalue weighted by Crippen LogP contribution is 2.23. The van der Waals surface area contributed by atoms with Crippen LogP contribution in [0.5, 0.6) is 0 Å². The Morgan fingerprint density at radius 3 is 2.50 bits per heavy atom. The second-order valence-electron chi connectivity index (χ2n) is 5.33. The maximum Gasteiger partial charge on any atom is 0.191 e. The summed E-state index contributed by atoms with van der Waals surface area (Å²) in [4.78, 5) is 8.38. The summed E-state index contributed by atoms with van der Waals surface area (Å²) in [6.07, 6.45) is 1.07. The number of aliphatic hydroxyl groups is 1. The van der Waals surface area contributed by atoms with Gasteiger partial charge in [0.1, 0.15) is 0 Å². The Labute approximate surface area is 151 Å². The predicted molar refractivity (Wildman–Crippen MR) is 98.6 cm³/mol. The number of pyridine rings is 1. The number of hydrogen-bond donors (Lipinski definition) is 3. The molecule has 2 aromatic rings. The molecule has 24 heavy (non-hydrogen) atoms. The Morgan fingerprint density at radius 1 is 1.21 bits per heavy atom. The zero-order valence-electron chi connectivity index (χ0n) is 13.6. The second-order valence-corrected chi connectivity index (χ2v) is 6.21. The normalized spacial score (nSPS) is 12.8. The van der Waals surface area contributed by atoms with Crippen molar-refractivity contribution < 1.29 is 5.11 Å². The Bertz CT molecular complexity index is 684. The van der Waals surface area contributed by atoms with E-state index in [4.69, 9.17) is 23.2 Å². The maximum absolute atomic E-state index is 10.3. The molecule has 0 aliphatic rings. The van der Waals surface area contributed by atoms with Crippen LogP contribution in [-0.2, 0) is 6.54 Å². The lowest BCUT2D eigenvalue weighted by atomic mass is 10.1. The molecule has 2 rings (SSSR count). The van der Waals surface area contributed by atoms with Gasteiger partial charge in [-0.2, -0.15) is 0 Å². The van der Waals surface area contributed by atoms with E-state index in [9.17, 15) is 5.11 Å². The number of nitrogens with zero attached hydrogens (tertiary/aromatic N) is 2. The van der Waals surface area contributed by atoms with Crippen molar-refractivity contribution in [3.63, 3.8) is 0 Å². The van der Waals surface area contributed by atoms with Gasteiger partial charge in [-0.05, 0) is 42.3 Å². The van der Waals surface area contributed by atoms with E-state index in [1.165, 1.54) is 0 Å². The van der Waals surface area contributed by atoms with Crippen molar-refractivity contribution in [2.75, 3.05) is 13.6 Å². The van der Waals surface area contributed by atoms with Gasteiger partial charge in [-0.3, -0.25) is 9.98 Å². The van der Waals surface area contributed by atoms with Crippen LogP contribution in [0.1, 0.15) is 22.9 Å². The fraction of sp³-hybridized carbons (Fsp3) is 0.294. The van der Waals surface area contributed by atoms with Crippen LogP contribution in [0.4, 0.5) is 0 Å². The van der Waals surface area contributed by atoms with Crippen molar-refractivity contribution in [1.82, 2.24) is 15.6 Å². The number of aliphatic hydroxyl groups excluding tert-OH is 1. The number of benzene rings is 1. The van der Waals surface area contributed by atoms with E-state index in [-0.39, 0.29) is 6.54 Å². The third-order valence-electron chi connectivity index (χ3n) is 3.39. The molecular formula is C17H20Cl2N4O. The first-order chi connectivity index (χ1) is 11.5. The van der Waals surface area contributed by atoms with Gasteiger partial charge in [0.2, 0.25) is 0 Å². The van der Waals surface area contributed by atoms with Gasteiger partial charge >= 0.3 is 0 Å². The molecule has 128 valence electrons. The largest absolute Gasteiger partial charge is 0.387 e. The van der Waals surface area contributed by atoms with Crippen molar-refractivity contribution in [2.24, 2.45) is 4.99 Å². The second kappa shape index (κ2) is 8.87. The summed E-state index contributed by atoms with van der Waals surface area (Å²) in [6, 6.07) is 8.97. The molecule has 3 N–H and O–H groups in total. The molecule has 0 bridgehead atoms. The number of hydrogen-bond acceptors (Lipinski definition) is 3. The molecule has 0 radical (unpaired) electrons. The molecule has 1 atom stereocenters. The lowest BCUT2D eigenvalue weighted by Gasteiger charge is -2.16. The number of aryl methyl sites for hydroxylation is 1. The van der Waals surface area contributed by atoms with E-state index in [2.05, 4.69) is 20.6 Å². The van der Waals surface area contributed by atoms with Crippen molar-refractivity contribution in [2.45, 2.75) is 19.6 Å². The van der Waals surface area contributed by atoms with Gasteiger partial charge in [0, 0.05) is 42.1 Å². The topological polar surface area (TPSA) is 69.5 Å². The first-order valence-electron chi connectivity index (χ1n) is 7.48. The van der Waals surface area contributed by atoms with Crippen LogP contribution in [0.15, 0.2) is 41.5 Å². The highest BCUT2D eigenvalue weighted by atomic mass is 35.5. The minimum Gasteiger partial charge on any atom is -0.387 e. The summed E-state index contributed by atoms with van der Waals surface area (Å²) in [5.74, 6) is 0.586. The molecule has 1 unspecified atom stereocenters. The fourth-order valence-corrected chi connectivity index (χ4v) is 2.63. The molecule has 1 aromatic heterocycles. The molecule has 0 aliphatic heterocycles. The number of nitrogens with one attached hydrogen (secondary N) is 2. The molecule has 1 aromatic carbocycles. The third kappa shape index (κ3) is 5.67. The van der Waals surface area contributed by atoms with Gasteiger partial charge in [0.25, 0.3) is 0 Å². The summed E-state index contributed by atoms with van der Waals surface area (Å²) >= 11 is 11.9. The Morgan fingerprint density at radius 2 is 1.92 bits per heavy atom.